The lowest BCUT2D eigenvalue weighted by molar-refractivity contribution is -0.143. The monoisotopic (exact) mass is 544 g/mol. The van der Waals surface area contributed by atoms with Crippen LogP contribution in [0.15, 0.2) is 109 Å². The average Bonchev–Trinajstić information content (AvgIpc) is 2.97. The molecule has 0 aliphatic heterocycles. The zero-order chi connectivity index (χ0) is 28.5. The molecule has 0 saturated carbocycles. The van der Waals surface area contributed by atoms with Crippen LogP contribution in [0.5, 0.6) is 0 Å². The third-order valence-electron chi connectivity index (χ3n) is 6.18. The molecule has 0 aliphatic carbocycles. The zero-order valence-electron chi connectivity index (χ0n) is 21.6. The summed E-state index contributed by atoms with van der Waals surface area (Å²) in [6, 6.07) is 27.4. The van der Waals surface area contributed by atoms with Gasteiger partial charge in [0, 0.05) is 17.8 Å². The van der Waals surface area contributed by atoms with Gasteiger partial charge in [0.25, 0.3) is 5.91 Å². The molecule has 1 unspecified atom stereocenters. The Bertz CT molecular complexity index is 1470. The van der Waals surface area contributed by atoms with Gasteiger partial charge in [-0.15, -0.1) is 0 Å². The highest BCUT2D eigenvalue weighted by molar-refractivity contribution is 6.08. The molecular formula is C32H27F3N2O3. The minimum absolute atomic E-state index is 0.343. The first kappa shape index (κ1) is 28.3. The number of amides is 1. The highest BCUT2D eigenvalue weighted by atomic mass is 19.4. The summed E-state index contributed by atoms with van der Waals surface area (Å²) in [7, 11) is 1.35. The molecule has 0 spiro atoms. The van der Waals surface area contributed by atoms with Crippen LogP contribution in [0, 0.1) is 0 Å². The van der Waals surface area contributed by atoms with Gasteiger partial charge in [-0.3, -0.25) is 10.1 Å². The van der Waals surface area contributed by atoms with Crippen molar-refractivity contribution in [3.05, 3.63) is 131 Å². The molecule has 4 rings (SSSR count). The van der Waals surface area contributed by atoms with E-state index in [1.165, 1.54) is 19.2 Å². The summed E-state index contributed by atoms with van der Waals surface area (Å²) in [6.07, 6.45) is -0.661. The fourth-order valence-electron chi connectivity index (χ4n) is 4.13. The van der Waals surface area contributed by atoms with Gasteiger partial charge in [0.05, 0.1) is 12.7 Å². The van der Waals surface area contributed by atoms with E-state index >= 15 is 0 Å². The number of carbonyl (C=O) groups is 2. The Balaban J connectivity index is 1.38. The van der Waals surface area contributed by atoms with Gasteiger partial charge in [-0.05, 0) is 52.6 Å². The molecule has 204 valence electrons. The van der Waals surface area contributed by atoms with E-state index in [4.69, 9.17) is 4.74 Å². The van der Waals surface area contributed by atoms with Gasteiger partial charge in [-0.2, -0.15) is 13.2 Å². The lowest BCUT2D eigenvalue weighted by Gasteiger charge is -2.15. The fourth-order valence-corrected chi connectivity index (χ4v) is 4.13. The van der Waals surface area contributed by atoms with Crippen LogP contribution in [0.1, 0.15) is 33.1 Å². The number of ether oxygens (including phenoxy) is 1. The molecule has 0 heterocycles. The van der Waals surface area contributed by atoms with E-state index in [9.17, 15) is 22.8 Å². The third kappa shape index (κ3) is 7.24. The van der Waals surface area contributed by atoms with Crippen LogP contribution in [0.25, 0.3) is 17.2 Å². The first-order valence-electron chi connectivity index (χ1n) is 12.5. The maximum absolute atomic E-state index is 13.0. The van der Waals surface area contributed by atoms with Crippen LogP contribution in [0.4, 0.5) is 18.9 Å². The number of carbonyl (C=O) groups excluding carboxylic acids is 2. The van der Waals surface area contributed by atoms with Gasteiger partial charge in [0.2, 0.25) is 0 Å². The first-order chi connectivity index (χ1) is 19.3. The number of esters is 1. The zero-order valence-corrected chi connectivity index (χ0v) is 21.6. The number of nitrogens with one attached hydrogen (secondary N) is 2. The average molecular weight is 545 g/mol. The van der Waals surface area contributed by atoms with Crippen molar-refractivity contribution in [3.8, 4) is 11.1 Å². The Kier molecular flexibility index (Phi) is 9.14. The van der Waals surface area contributed by atoms with E-state index < -0.39 is 17.8 Å². The molecule has 0 saturated heterocycles. The Hall–Kier alpha value is -4.69. The molecule has 8 heteroatoms. The van der Waals surface area contributed by atoms with Crippen molar-refractivity contribution in [3.63, 3.8) is 0 Å². The van der Waals surface area contributed by atoms with Crippen molar-refractivity contribution in [2.24, 2.45) is 0 Å². The second kappa shape index (κ2) is 12.9. The smallest absolute Gasteiger partial charge is 0.416 e. The van der Waals surface area contributed by atoms with Crippen LogP contribution >= 0.6 is 0 Å². The van der Waals surface area contributed by atoms with E-state index in [0.29, 0.717) is 28.9 Å². The second-order valence-electron chi connectivity index (χ2n) is 8.87. The number of hydrogen-bond donors (Lipinski definition) is 2. The lowest BCUT2D eigenvalue weighted by atomic mass is 9.98. The molecule has 2 N–H and O–H groups in total. The lowest BCUT2D eigenvalue weighted by Crippen LogP contribution is -2.29. The first-order valence-corrected chi connectivity index (χ1v) is 12.5. The van der Waals surface area contributed by atoms with Crippen LogP contribution in [0.2, 0.25) is 0 Å². The molecule has 1 amide bonds. The quantitative estimate of drug-likeness (QED) is 0.220. The highest BCUT2D eigenvalue weighted by Gasteiger charge is 2.30. The Labute approximate surface area is 230 Å². The van der Waals surface area contributed by atoms with Gasteiger partial charge in [0.15, 0.2) is 0 Å². The standard InChI is InChI=1S/C32H27F3N2O3/c1-40-31(39)29(24-9-3-2-4-10-24)36-21-7-8-22-13-19-26(20-14-22)37-30(38)28-12-6-5-11-27(28)23-15-17-25(18-16-23)32(33,34)35/h2-20,29,36H,21H2,1H3,(H,37,38). The normalized spacial score (nSPS) is 12.2. The maximum atomic E-state index is 13.0. The number of halogens is 3. The molecule has 5 nitrogen and oxygen atoms in total. The summed E-state index contributed by atoms with van der Waals surface area (Å²) in [5.41, 5.74) is 2.90. The maximum Gasteiger partial charge on any atom is 0.416 e. The van der Waals surface area contributed by atoms with E-state index in [1.54, 1.807) is 36.4 Å². The van der Waals surface area contributed by atoms with E-state index in [0.717, 1.165) is 23.3 Å². The third-order valence-corrected chi connectivity index (χ3v) is 6.18. The topological polar surface area (TPSA) is 67.4 Å². The van der Waals surface area contributed by atoms with Crippen molar-refractivity contribution < 1.29 is 27.5 Å². The molecule has 0 fully saturated rings. The molecule has 40 heavy (non-hydrogen) atoms. The molecule has 1 atom stereocenters. The summed E-state index contributed by atoms with van der Waals surface area (Å²) < 4.78 is 43.7. The van der Waals surface area contributed by atoms with Gasteiger partial charge in [0.1, 0.15) is 6.04 Å². The van der Waals surface area contributed by atoms with Crippen molar-refractivity contribution in [1.29, 1.82) is 0 Å². The number of rotatable bonds is 9. The number of anilines is 1. The van der Waals surface area contributed by atoms with Gasteiger partial charge in [-0.1, -0.05) is 84.9 Å². The van der Waals surface area contributed by atoms with Crippen molar-refractivity contribution >= 4 is 23.6 Å². The molecule has 0 bridgehead atoms. The number of benzene rings is 4. The predicted octanol–water partition coefficient (Wildman–Crippen LogP) is 7.14. The SMILES string of the molecule is COC(=O)C(NCC=Cc1ccc(NC(=O)c2ccccc2-c2ccc(C(F)(F)F)cc2)cc1)c1ccccc1. The number of alkyl halides is 3. The Morgan fingerprint density at radius 3 is 2.15 bits per heavy atom. The molecule has 0 aliphatic rings. The Morgan fingerprint density at radius 1 is 0.850 bits per heavy atom. The molecule has 0 aromatic heterocycles. The minimum Gasteiger partial charge on any atom is -0.468 e. The van der Waals surface area contributed by atoms with Crippen LogP contribution in [-0.2, 0) is 15.7 Å². The molecule has 4 aromatic rings. The van der Waals surface area contributed by atoms with E-state index in [2.05, 4.69) is 10.6 Å². The number of methoxy groups -OCH3 is 1. The van der Waals surface area contributed by atoms with Gasteiger partial charge < -0.3 is 10.1 Å². The largest absolute Gasteiger partial charge is 0.468 e. The summed E-state index contributed by atoms with van der Waals surface area (Å²) in [4.78, 5) is 25.2. The van der Waals surface area contributed by atoms with E-state index in [-0.39, 0.29) is 11.9 Å². The minimum atomic E-state index is -4.43. The van der Waals surface area contributed by atoms with Crippen molar-refractivity contribution in [1.82, 2.24) is 5.32 Å². The van der Waals surface area contributed by atoms with Gasteiger partial charge in [-0.25, -0.2) is 4.79 Å². The number of hydrogen-bond acceptors (Lipinski definition) is 4. The van der Waals surface area contributed by atoms with Crippen molar-refractivity contribution in [2.45, 2.75) is 12.2 Å². The summed E-state index contributed by atoms with van der Waals surface area (Å²) in [6.45, 7) is 0.424. The van der Waals surface area contributed by atoms with Crippen LogP contribution in [-0.4, -0.2) is 25.5 Å². The molecule has 0 radical (unpaired) electrons. The Morgan fingerprint density at radius 2 is 1.50 bits per heavy atom. The van der Waals surface area contributed by atoms with Crippen LogP contribution < -0.4 is 10.6 Å². The summed E-state index contributed by atoms with van der Waals surface area (Å²) in [5, 5.41) is 6.01. The highest BCUT2D eigenvalue weighted by Crippen LogP contribution is 2.32. The fraction of sp³-hybridized carbons (Fsp3) is 0.125. The van der Waals surface area contributed by atoms with E-state index in [1.807, 2.05) is 54.6 Å². The summed E-state index contributed by atoms with van der Waals surface area (Å²) in [5.74, 6) is -0.752. The summed E-state index contributed by atoms with van der Waals surface area (Å²) >= 11 is 0. The second-order valence-corrected chi connectivity index (χ2v) is 8.87. The molecular weight excluding hydrogens is 517 g/mol. The predicted molar refractivity (Wildman–Crippen MR) is 150 cm³/mol. The van der Waals surface area contributed by atoms with Crippen molar-refractivity contribution in [2.75, 3.05) is 19.0 Å². The molecule has 4 aromatic carbocycles. The van der Waals surface area contributed by atoms with Crippen LogP contribution in [0.3, 0.4) is 0 Å². The van der Waals surface area contributed by atoms with Gasteiger partial charge >= 0.3 is 12.1 Å².